The van der Waals surface area contributed by atoms with Crippen LogP contribution in [0.15, 0.2) is 47.4 Å². The zero-order valence-electron chi connectivity index (χ0n) is 16.1. The lowest BCUT2D eigenvalue weighted by atomic mass is 10.1. The minimum absolute atomic E-state index is 0.0315. The third kappa shape index (κ3) is 5.15. The average Bonchev–Trinajstić information content (AvgIpc) is 2.76. The molecule has 12 heteroatoms. The smallest absolute Gasteiger partial charge is 0.422 e. The van der Waals surface area contributed by atoms with Crippen molar-refractivity contribution in [2.45, 2.75) is 19.6 Å². The van der Waals surface area contributed by atoms with Crippen molar-refractivity contribution in [3.05, 3.63) is 64.2 Å². The highest BCUT2D eigenvalue weighted by Crippen LogP contribution is 2.17. The summed E-state index contributed by atoms with van der Waals surface area (Å²) in [5, 5.41) is 4.66. The SMILES string of the molecule is CCn1nc(C(=O)NNC(=O)c2ccc(OCC(F)(F)F)nc2)c2ccccc2c1=O. The number of carbonyl (C=O) groups is 2. The van der Waals surface area contributed by atoms with Crippen molar-refractivity contribution in [3.63, 3.8) is 0 Å². The van der Waals surface area contributed by atoms with Gasteiger partial charge in [-0.1, -0.05) is 18.2 Å². The van der Waals surface area contributed by atoms with Gasteiger partial charge in [0.05, 0.1) is 10.9 Å². The number of rotatable bonds is 5. The van der Waals surface area contributed by atoms with Gasteiger partial charge in [-0.3, -0.25) is 25.2 Å². The summed E-state index contributed by atoms with van der Waals surface area (Å²) in [6, 6.07) is 8.70. The van der Waals surface area contributed by atoms with E-state index in [2.05, 4.69) is 25.7 Å². The van der Waals surface area contributed by atoms with Crippen LogP contribution in [0.4, 0.5) is 13.2 Å². The van der Waals surface area contributed by atoms with E-state index in [4.69, 9.17) is 0 Å². The predicted molar refractivity (Wildman–Crippen MR) is 102 cm³/mol. The highest BCUT2D eigenvalue weighted by Gasteiger charge is 2.28. The highest BCUT2D eigenvalue weighted by molar-refractivity contribution is 6.05. The molecule has 162 valence electrons. The Labute approximate surface area is 172 Å². The molecule has 31 heavy (non-hydrogen) atoms. The number of amides is 2. The molecule has 0 saturated carbocycles. The molecule has 9 nitrogen and oxygen atoms in total. The topological polar surface area (TPSA) is 115 Å². The standard InChI is InChI=1S/C19H16F3N5O4/c1-2-27-18(30)13-6-4-3-5-12(13)15(26-27)17(29)25-24-16(28)11-7-8-14(23-9-11)31-10-19(20,21)22/h3-9H,2,10H2,1H3,(H,24,28)(H,25,29). The maximum atomic E-state index is 12.6. The number of aromatic nitrogens is 3. The zero-order chi connectivity index (χ0) is 22.6. The van der Waals surface area contributed by atoms with E-state index in [0.717, 1.165) is 16.9 Å². The van der Waals surface area contributed by atoms with Gasteiger partial charge in [0.15, 0.2) is 12.3 Å². The highest BCUT2D eigenvalue weighted by atomic mass is 19.4. The average molecular weight is 435 g/mol. The Morgan fingerprint density at radius 3 is 2.35 bits per heavy atom. The van der Waals surface area contributed by atoms with E-state index < -0.39 is 24.6 Å². The molecule has 2 heterocycles. The number of nitrogens with one attached hydrogen (secondary N) is 2. The van der Waals surface area contributed by atoms with Crippen molar-refractivity contribution in [2.24, 2.45) is 0 Å². The number of carbonyl (C=O) groups excluding carboxylic acids is 2. The Hall–Kier alpha value is -3.96. The van der Waals surface area contributed by atoms with Crippen LogP contribution in [0.25, 0.3) is 10.8 Å². The van der Waals surface area contributed by atoms with E-state index in [1.807, 2.05) is 0 Å². The number of aryl methyl sites for hydroxylation is 1. The number of halogens is 3. The Balaban J connectivity index is 1.70. The van der Waals surface area contributed by atoms with Crippen LogP contribution in [0.5, 0.6) is 5.88 Å². The van der Waals surface area contributed by atoms with Crippen LogP contribution in [0.3, 0.4) is 0 Å². The van der Waals surface area contributed by atoms with Crippen molar-refractivity contribution in [1.29, 1.82) is 0 Å². The third-order valence-corrected chi connectivity index (χ3v) is 4.05. The van der Waals surface area contributed by atoms with Gasteiger partial charge < -0.3 is 4.74 Å². The summed E-state index contributed by atoms with van der Waals surface area (Å²) in [7, 11) is 0. The summed E-state index contributed by atoms with van der Waals surface area (Å²) in [4.78, 5) is 40.7. The van der Waals surface area contributed by atoms with Gasteiger partial charge in [0.25, 0.3) is 17.4 Å². The number of hydrogen-bond donors (Lipinski definition) is 2. The molecule has 3 rings (SSSR count). The molecule has 0 unspecified atom stereocenters. The largest absolute Gasteiger partial charge is 0.468 e. The van der Waals surface area contributed by atoms with E-state index in [1.165, 1.54) is 6.07 Å². The van der Waals surface area contributed by atoms with Gasteiger partial charge in [-0.25, -0.2) is 9.67 Å². The van der Waals surface area contributed by atoms with Gasteiger partial charge in [0.1, 0.15) is 0 Å². The fourth-order valence-electron chi connectivity index (χ4n) is 2.62. The first-order valence-electron chi connectivity index (χ1n) is 8.95. The molecule has 0 bridgehead atoms. The van der Waals surface area contributed by atoms with Crippen LogP contribution in [-0.2, 0) is 6.54 Å². The maximum absolute atomic E-state index is 12.6. The Morgan fingerprint density at radius 1 is 1.06 bits per heavy atom. The minimum Gasteiger partial charge on any atom is -0.468 e. The lowest BCUT2D eigenvalue weighted by Gasteiger charge is -2.11. The number of hydrogen-bond acceptors (Lipinski definition) is 6. The quantitative estimate of drug-likeness (QED) is 0.591. The number of fused-ring (bicyclic) bond motifs is 1. The molecule has 0 radical (unpaired) electrons. The first-order valence-corrected chi connectivity index (χ1v) is 8.95. The molecule has 0 fully saturated rings. The number of pyridine rings is 1. The second-order valence-corrected chi connectivity index (χ2v) is 6.21. The zero-order valence-corrected chi connectivity index (χ0v) is 16.1. The number of ether oxygens (including phenoxy) is 1. The Bertz CT molecular complexity index is 1180. The molecule has 0 atom stereocenters. The van der Waals surface area contributed by atoms with E-state index in [0.29, 0.717) is 10.8 Å². The number of benzene rings is 1. The van der Waals surface area contributed by atoms with Gasteiger partial charge in [-0.2, -0.15) is 18.3 Å². The fourth-order valence-corrected chi connectivity index (χ4v) is 2.62. The lowest BCUT2D eigenvalue weighted by Crippen LogP contribution is -2.42. The molecule has 1 aromatic carbocycles. The number of alkyl halides is 3. The summed E-state index contributed by atoms with van der Waals surface area (Å²) in [6.45, 7) is 0.426. The summed E-state index contributed by atoms with van der Waals surface area (Å²) < 4.78 is 42.0. The van der Waals surface area contributed by atoms with Gasteiger partial charge in [-0.15, -0.1) is 0 Å². The summed E-state index contributed by atoms with van der Waals surface area (Å²) in [6.07, 6.45) is -3.52. The molecule has 0 aliphatic rings. The van der Waals surface area contributed by atoms with Crippen molar-refractivity contribution >= 4 is 22.6 Å². The molecule has 2 aromatic heterocycles. The van der Waals surface area contributed by atoms with Gasteiger partial charge in [0, 0.05) is 24.2 Å². The van der Waals surface area contributed by atoms with Crippen molar-refractivity contribution < 1.29 is 27.5 Å². The molecular weight excluding hydrogens is 419 g/mol. The summed E-state index contributed by atoms with van der Waals surface area (Å²) >= 11 is 0. The Kier molecular flexibility index (Phi) is 6.18. The van der Waals surface area contributed by atoms with Crippen LogP contribution in [-0.4, -0.2) is 39.4 Å². The first kappa shape index (κ1) is 21.7. The molecule has 0 saturated heterocycles. The lowest BCUT2D eigenvalue weighted by molar-refractivity contribution is -0.154. The van der Waals surface area contributed by atoms with Gasteiger partial charge in [-0.05, 0) is 19.1 Å². The van der Waals surface area contributed by atoms with Crippen LogP contribution in [0.2, 0.25) is 0 Å². The van der Waals surface area contributed by atoms with Gasteiger partial charge >= 0.3 is 6.18 Å². The van der Waals surface area contributed by atoms with E-state index in [9.17, 15) is 27.6 Å². The van der Waals surface area contributed by atoms with Crippen molar-refractivity contribution in [1.82, 2.24) is 25.6 Å². The number of hydrazine groups is 1. The maximum Gasteiger partial charge on any atom is 0.422 e. The Morgan fingerprint density at radius 2 is 1.74 bits per heavy atom. The molecule has 0 spiro atoms. The minimum atomic E-state index is -4.51. The molecular formula is C19H16F3N5O4. The van der Waals surface area contributed by atoms with Crippen molar-refractivity contribution in [3.8, 4) is 5.88 Å². The second-order valence-electron chi connectivity index (χ2n) is 6.21. The summed E-state index contributed by atoms with van der Waals surface area (Å²) in [5.41, 5.74) is 3.91. The number of nitrogens with zero attached hydrogens (tertiary/aromatic N) is 3. The molecule has 2 N–H and O–H groups in total. The second kappa shape index (κ2) is 8.81. The van der Waals surface area contributed by atoms with Gasteiger partial charge in [0.2, 0.25) is 5.88 Å². The third-order valence-electron chi connectivity index (χ3n) is 4.05. The van der Waals surface area contributed by atoms with Crippen LogP contribution >= 0.6 is 0 Å². The monoisotopic (exact) mass is 435 g/mol. The normalized spacial score (nSPS) is 11.2. The van der Waals surface area contributed by atoms with E-state index >= 15 is 0 Å². The molecule has 2 amide bonds. The molecule has 0 aliphatic carbocycles. The van der Waals surface area contributed by atoms with Crippen LogP contribution in [0, 0.1) is 0 Å². The van der Waals surface area contributed by atoms with Crippen LogP contribution in [0.1, 0.15) is 27.8 Å². The molecule has 0 aliphatic heterocycles. The van der Waals surface area contributed by atoms with Crippen molar-refractivity contribution in [2.75, 3.05) is 6.61 Å². The van der Waals surface area contributed by atoms with E-state index in [-0.39, 0.29) is 29.2 Å². The van der Waals surface area contributed by atoms with Crippen LogP contribution < -0.4 is 21.1 Å². The summed E-state index contributed by atoms with van der Waals surface area (Å²) in [5.74, 6) is -1.84. The predicted octanol–water partition coefficient (Wildman–Crippen LogP) is 1.83. The first-order chi connectivity index (χ1) is 14.7. The fraction of sp³-hybridized carbons (Fsp3) is 0.211. The molecule has 3 aromatic rings. The van der Waals surface area contributed by atoms with E-state index in [1.54, 1.807) is 31.2 Å².